The summed E-state index contributed by atoms with van der Waals surface area (Å²) in [6, 6.07) is 8.21. The van der Waals surface area contributed by atoms with Gasteiger partial charge in [0, 0.05) is 0 Å². The summed E-state index contributed by atoms with van der Waals surface area (Å²) in [7, 11) is 0. The van der Waals surface area contributed by atoms with E-state index in [1.54, 1.807) is 0 Å². The van der Waals surface area contributed by atoms with E-state index in [9.17, 15) is 0 Å². The van der Waals surface area contributed by atoms with Crippen molar-refractivity contribution >= 4 is 12.6 Å². The number of hydrogen-bond donors (Lipinski definition) is 1. The molecule has 72 valence electrons. The maximum Gasteiger partial charge on any atom is 0.119 e. The Morgan fingerprint density at radius 2 is 1.85 bits per heavy atom. The number of hydrogen-bond acceptors (Lipinski definition) is 2. The lowest BCUT2D eigenvalue weighted by Crippen LogP contribution is -2.05. The van der Waals surface area contributed by atoms with E-state index in [0.717, 1.165) is 17.9 Å². The molecule has 0 aliphatic carbocycles. The van der Waals surface area contributed by atoms with Crippen molar-refractivity contribution in [2.24, 2.45) is 0 Å². The third-order valence-corrected chi connectivity index (χ3v) is 1.92. The average Bonchev–Trinajstić information content (AvgIpc) is 2.08. The number of aryl methyl sites for hydroxylation is 1. The molecule has 1 rings (SSSR count). The van der Waals surface area contributed by atoms with Gasteiger partial charge in [-0.1, -0.05) is 12.1 Å². The summed E-state index contributed by atoms with van der Waals surface area (Å²) < 4.78 is 5.53. The first-order valence-corrected chi connectivity index (χ1v) is 5.22. The van der Waals surface area contributed by atoms with Gasteiger partial charge in [0.25, 0.3) is 0 Å². The van der Waals surface area contributed by atoms with Crippen molar-refractivity contribution in [2.45, 2.75) is 26.4 Å². The fraction of sp³-hybridized carbons (Fsp3) is 0.455. The number of thiol groups is 1. The van der Waals surface area contributed by atoms with Crippen LogP contribution in [-0.4, -0.2) is 11.9 Å². The fourth-order valence-electron chi connectivity index (χ4n) is 1.14. The zero-order chi connectivity index (χ0) is 9.68. The van der Waals surface area contributed by atoms with Gasteiger partial charge < -0.3 is 4.74 Å². The van der Waals surface area contributed by atoms with Gasteiger partial charge in [0.2, 0.25) is 0 Å². The fourth-order valence-corrected chi connectivity index (χ4v) is 1.39. The van der Waals surface area contributed by atoms with Crippen LogP contribution in [0, 0.1) is 0 Å². The molecule has 0 atom stereocenters. The molecule has 0 unspecified atom stereocenters. The summed E-state index contributed by atoms with van der Waals surface area (Å²) in [6.07, 6.45) is 1.26. The van der Waals surface area contributed by atoms with Gasteiger partial charge in [0.15, 0.2) is 0 Å². The molecule has 0 aromatic heterocycles. The van der Waals surface area contributed by atoms with Gasteiger partial charge in [-0.05, 0) is 43.7 Å². The van der Waals surface area contributed by atoms with Crippen molar-refractivity contribution in [1.82, 2.24) is 0 Å². The van der Waals surface area contributed by atoms with Crippen LogP contribution in [0.5, 0.6) is 5.75 Å². The lowest BCUT2D eigenvalue weighted by Gasteiger charge is -2.09. The predicted octanol–water partition coefficient (Wildman–Crippen LogP) is 2.95. The summed E-state index contributed by atoms with van der Waals surface area (Å²) >= 11 is 4.18. The van der Waals surface area contributed by atoms with Gasteiger partial charge in [-0.2, -0.15) is 12.6 Å². The molecule has 1 aromatic rings. The molecule has 0 spiro atoms. The molecule has 0 saturated carbocycles. The standard InChI is InChI=1S/C11H16OS/c1-9(2)12-11-5-3-10(4-6-11)7-8-13/h3-6,9,13H,7-8H2,1-2H3. The molecule has 0 aliphatic rings. The van der Waals surface area contributed by atoms with Gasteiger partial charge >= 0.3 is 0 Å². The van der Waals surface area contributed by atoms with E-state index < -0.39 is 0 Å². The van der Waals surface area contributed by atoms with E-state index in [2.05, 4.69) is 24.8 Å². The Hall–Kier alpha value is -0.630. The molecule has 0 N–H and O–H groups in total. The van der Waals surface area contributed by atoms with Crippen LogP contribution in [0.2, 0.25) is 0 Å². The van der Waals surface area contributed by atoms with Gasteiger partial charge in [-0.3, -0.25) is 0 Å². The van der Waals surface area contributed by atoms with Crippen molar-refractivity contribution < 1.29 is 4.74 Å². The molecular formula is C11H16OS. The molecule has 13 heavy (non-hydrogen) atoms. The molecule has 1 nitrogen and oxygen atoms in total. The van der Waals surface area contributed by atoms with E-state index in [0.29, 0.717) is 0 Å². The summed E-state index contributed by atoms with van der Waals surface area (Å²) in [4.78, 5) is 0. The minimum atomic E-state index is 0.246. The van der Waals surface area contributed by atoms with Crippen molar-refractivity contribution in [2.75, 3.05) is 5.75 Å². The Morgan fingerprint density at radius 1 is 1.23 bits per heavy atom. The van der Waals surface area contributed by atoms with Crippen LogP contribution >= 0.6 is 12.6 Å². The zero-order valence-electron chi connectivity index (χ0n) is 8.16. The lowest BCUT2D eigenvalue weighted by molar-refractivity contribution is 0.242. The molecule has 0 amide bonds. The molecule has 0 heterocycles. The Morgan fingerprint density at radius 3 is 2.31 bits per heavy atom. The SMILES string of the molecule is CC(C)Oc1ccc(CCS)cc1. The van der Waals surface area contributed by atoms with Gasteiger partial charge in [-0.25, -0.2) is 0 Å². The molecular weight excluding hydrogens is 180 g/mol. The maximum atomic E-state index is 5.53. The lowest BCUT2D eigenvalue weighted by atomic mass is 10.2. The minimum Gasteiger partial charge on any atom is -0.491 e. The quantitative estimate of drug-likeness (QED) is 0.728. The van der Waals surface area contributed by atoms with Crippen LogP contribution in [0.4, 0.5) is 0 Å². The Kier molecular flexibility index (Phi) is 4.16. The molecule has 0 bridgehead atoms. The monoisotopic (exact) mass is 196 g/mol. The van der Waals surface area contributed by atoms with Crippen LogP contribution in [0.25, 0.3) is 0 Å². The largest absolute Gasteiger partial charge is 0.491 e. The van der Waals surface area contributed by atoms with Crippen molar-refractivity contribution in [1.29, 1.82) is 0 Å². The second-order valence-corrected chi connectivity index (χ2v) is 3.73. The molecule has 0 radical (unpaired) electrons. The Balaban J connectivity index is 2.59. The zero-order valence-corrected chi connectivity index (χ0v) is 9.05. The first-order chi connectivity index (χ1) is 6.22. The highest BCUT2D eigenvalue weighted by Crippen LogP contribution is 2.14. The van der Waals surface area contributed by atoms with Gasteiger partial charge in [0.1, 0.15) is 5.75 Å². The van der Waals surface area contributed by atoms with E-state index in [-0.39, 0.29) is 6.10 Å². The third kappa shape index (κ3) is 3.73. The van der Waals surface area contributed by atoms with Crippen molar-refractivity contribution in [3.8, 4) is 5.75 Å². The van der Waals surface area contributed by atoms with E-state index in [4.69, 9.17) is 4.74 Å². The van der Waals surface area contributed by atoms with E-state index in [1.165, 1.54) is 5.56 Å². The van der Waals surface area contributed by atoms with E-state index in [1.807, 2.05) is 26.0 Å². The Bertz CT molecular complexity index is 241. The summed E-state index contributed by atoms with van der Waals surface area (Å²) in [5, 5.41) is 0. The molecule has 0 saturated heterocycles. The number of benzene rings is 1. The smallest absolute Gasteiger partial charge is 0.119 e. The average molecular weight is 196 g/mol. The highest BCUT2D eigenvalue weighted by molar-refractivity contribution is 7.80. The molecule has 0 aliphatic heterocycles. The molecule has 1 aromatic carbocycles. The topological polar surface area (TPSA) is 9.23 Å². The van der Waals surface area contributed by atoms with Crippen LogP contribution in [0.1, 0.15) is 19.4 Å². The number of rotatable bonds is 4. The predicted molar refractivity (Wildman–Crippen MR) is 59.8 cm³/mol. The highest BCUT2D eigenvalue weighted by Gasteiger charge is 1.97. The second kappa shape index (κ2) is 5.18. The van der Waals surface area contributed by atoms with Crippen LogP contribution in [0.15, 0.2) is 24.3 Å². The van der Waals surface area contributed by atoms with Gasteiger partial charge in [-0.15, -0.1) is 0 Å². The number of ether oxygens (including phenoxy) is 1. The Labute approximate surface area is 85.5 Å². The maximum absolute atomic E-state index is 5.53. The van der Waals surface area contributed by atoms with Crippen LogP contribution in [-0.2, 0) is 6.42 Å². The summed E-state index contributed by atoms with van der Waals surface area (Å²) in [6.45, 7) is 4.06. The first kappa shape index (κ1) is 10.5. The van der Waals surface area contributed by atoms with Gasteiger partial charge in [0.05, 0.1) is 6.10 Å². The third-order valence-electron chi connectivity index (χ3n) is 1.70. The summed E-state index contributed by atoms with van der Waals surface area (Å²) in [5.41, 5.74) is 1.31. The highest BCUT2D eigenvalue weighted by atomic mass is 32.1. The molecule has 0 fully saturated rings. The molecule has 2 heteroatoms. The van der Waals surface area contributed by atoms with Crippen LogP contribution < -0.4 is 4.74 Å². The van der Waals surface area contributed by atoms with E-state index >= 15 is 0 Å². The minimum absolute atomic E-state index is 0.246. The summed E-state index contributed by atoms with van der Waals surface area (Å²) in [5.74, 6) is 1.84. The van der Waals surface area contributed by atoms with Crippen LogP contribution in [0.3, 0.4) is 0 Å². The first-order valence-electron chi connectivity index (χ1n) is 4.59. The van der Waals surface area contributed by atoms with Crippen molar-refractivity contribution in [3.05, 3.63) is 29.8 Å². The van der Waals surface area contributed by atoms with Crippen molar-refractivity contribution in [3.63, 3.8) is 0 Å². The second-order valence-electron chi connectivity index (χ2n) is 3.28. The normalized spacial score (nSPS) is 10.5.